The summed E-state index contributed by atoms with van der Waals surface area (Å²) in [5.41, 5.74) is 0.668. The van der Waals surface area contributed by atoms with Gasteiger partial charge in [-0.05, 0) is 24.1 Å². The second-order valence-electron chi connectivity index (χ2n) is 2.83. The smallest absolute Gasteiger partial charge is 0.321 e. The number of carboxylic acid groups (broad SMARTS) is 1. The molecule has 0 bridgehead atoms. The van der Waals surface area contributed by atoms with Gasteiger partial charge >= 0.3 is 5.97 Å². The summed E-state index contributed by atoms with van der Waals surface area (Å²) in [6.07, 6.45) is 0.274. The van der Waals surface area contributed by atoms with Crippen LogP contribution in [0.15, 0.2) is 24.3 Å². The summed E-state index contributed by atoms with van der Waals surface area (Å²) in [6, 6.07) is 5.25. The third-order valence-corrected chi connectivity index (χ3v) is 2.51. The van der Waals surface area contributed by atoms with Crippen molar-refractivity contribution in [2.75, 3.05) is 0 Å². The highest BCUT2D eigenvalue weighted by molar-refractivity contribution is 14.1. The van der Waals surface area contributed by atoms with Crippen molar-refractivity contribution in [2.45, 2.75) is 12.5 Å². The molecule has 1 atom stereocenters. The zero-order chi connectivity index (χ0) is 10.6. The van der Waals surface area contributed by atoms with E-state index in [-0.39, 0.29) is 12.2 Å². The Balaban J connectivity index is 2.72. The Morgan fingerprint density at radius 2 is 2.36 bits per heavy atom. The molecule has 0 saturated carbocycles. The van der Waals surface area contributed by atoms with E-state index in [1.807, 2.05) is 0 Å². The fourth-order valence-corrected chi connectivity index (χ4v) is 1.56. The summed E-state index contributed by atoms with van der Waals surface area (Å²) in [6.45, 7) is 0. The van der Waals surface area contributed by atoms with Crippen molar-refractivity contribution < 1.29 is 14.3 Å². The fraction of sp³-hybridized carbons (Fsp3) is 0.222. The van der Waals surface area contributed by atoms with Crippen LogP contribution in [-0.2, 0) is 11.2 Å². The van der Waals surface area contributed by atoms with Crippen molar-refractivity contribution in [2.24, 2.45) is 0 Å². The monoisotopic (exact) mass is 309 g/mol. The molecule has 1 rings (SSSR count). The molecule has 0 aliphatic heterocycles. The lowest BCUT2D eigenvalue weighted by Crippen LogP contribution is -2.32. The minimum Gasteiger partial charge on any atom is -0.480 e. The maximum absolute atomic E-state index is 12.8. The summed E-state index contributed by atoms with van der Waals surface area (Å²) in [7, 11) is 0. The lowest BCUT2D eigenvalue weighted by atomic mass is 10.1. The van der Waals surface area contributed by atoms with Gasteiger partial charge in [0.15, 0.2) is 0 Å². The molecule has 76 valence electrons. The van der Waals surface area contributed by atoms with Gasteiger partial charge in [-0.15, -0.1) is 0 Å². The van der Waals surface area contributed by atoms with Crippen LogP contribution >= 0.6 is 22.9 Å². The van der Waals surface area contributed by atoms with Crippen LogP contribution in [0.3, 0.4) is 0 Å². The summed E-state index contributed by atoms with van der Waals surface area (Å²) >= 11 is 1.78. The number of benzene rings is 1. The second kappa shape index (κ2) is 5.26. The number of hydrogen-bond donors (Lipinski definition) is 2. The Morgan fingerprint density at radius 1 is 1.64 bits per heavy atom. The molecular weight excluding hydrogens is 300 g/mol. The molecule has 0 heterocycles. The van der Waals surface area contributed by atoms with Crippen LogP contribution in [0.25, 0.3) is 0 Å². The fourth-order valence-electron chi connectivity index (χ4n) is 1.07. The van der Waals surface area contributed by atoms with Gasteiger partial charge in [0.2, 0.25) is 0 Å². The van der Waals surface area contributed by atoms with Crippen LogP contribution in [0.4, 0.5) is 4.39 Å². The van der Waals surface area contributed by atoms with E-state index < -0.39 is 12.0 Å². The first-order chi connectivity index (χ1) is 6.63. The minimum atomic E-state index is -0.941. The van der Waals surface area contributed by atoms with Gasteiger partial charge in [-0.25, -0.2) is 7.92 Å². The average Bonchev–Trinajstić information content (AvgIpc) is 2.14. The molecule has 3 nitrogen and oxygen atoms in total. The van der Waals surface area contributed by atoms with E-state index in [2.05, 4.69) is 3.53 Å². The first-order valence-electron chi connectivity index (χ1n) is 3.97. The molecule has 0 fully saturated rings. The minimum absolute atomic E-state index is 0.274. The summed E-state index contributed by atoms with van der Waals surface area (Å²) in [4.78, 5) is 10.7. The highest BCUT2D eigenvalue weighted by atomic mass is 127. The Kier molecular flexibility index (Phi) is 4.27. The number of rotatable bonds is 4. The van der Waals surface area contributed by atoms with Crippen molar-refractivity contribution in [1.82, 2.24) is 3.53 Å². The van der Waals surface area contributed by atoms with Gasteiger partial charge in [-0.3, -0.25) is 4.79 Å². The van der Waals surface area contributed by atoms with Crippen LogP contribution in [0.5, 0.6) is 0 Å². The SMILES string of the molecule is O=C(O)C(Cc1cccc(F)c1)NI. The molecule has 0 amide bonds. The summed E-state index contributed by atoms with van der Waals surface area (Å²) in [5.74, 6) is -1.29. The Morgan fingerprint density at radius 3 is 2.86 bits per heavy atom. The molecule has 0 aromatic heterocycles. The number of halogens is 2. The van der Waals surface area contributed by atoms with Gasteiger partial charge < -0.3 is 5.11 Å². The zero-order valence-electron chi connectivity index (χ0n) is 7.21. The lowest BCUT2D eigenvalue weighted by Gasteiger charge is -2.09. The highest BCUT2D eigenvalue weighted by Crippen LogP contribution is 2.07. The molecule has 0 spiro atoms. The third-order valence-electron chi connectivity index (χ3n) is 1.76. The molecule has 1 aromatic rings. The van der Waals surface area contributed by atoms with Crippen molar-refractivity contribution in [1.29, 1.82) is 0 Å². The van der Waals surface area contributed by atoms with Gasteiger partial charge in [0.1, 0.15) is 11.9 Å². The van der Waals surface area contributed by atoms with Crippen molar-refractivity contribution in [3.63, 3.8) is 0 Å². The standard InChI is InChI=1S/C9H9FINO2/c10-7-3-1-2-6(4-7)5-8(12-11)9(13)14/h1-4,8,12H,5H2,(H,13,14). The maximum atomic E-state index is 12.8. The van der Waals surface area contributed by atoms with Gasteiger partial charge in [0.25, 0.3) is 0 Å². The van der Waals surface area contributed by atoms with Gasteiger partial charge in [-0.1, -0.05) is 12.1 Å². The Hall–Kier alpha value is -0.690. The predicted molar refractivity (Wildman–Crippen MR) is 58.7 cm³/mol. The predicted octanol–water partition coefficient (Wildman–Crippen LogP) is 1.76. The van der Waals surface area contributed by atoms with E-state index in [1.54, 1.807) is 35.0 Å². The molecule has 2 N–H and O–H groups in total. The number of hydrogen-bond acceptors (Lipinski definition) is 2. The molecule has 0 aliphatic rings. The molecule has 0 saturated heterocycles. The van der Waals surface area contributed by atoms with E-state index >= 15 is 0 Å². The normalized spacial score (nSPS) is 12.4. The quantitative estimate of drug-likeness (QED) is 0.658. The number of carboxylic acids is 1. The Labute approximate surface area is 94.8 Å². The van der Waals surface area contributed by atoms with Crippen LogP contribution < -0.4 is 3.53 Å². The average molecular weight is 309 g/mol. The summed E-state index contributed by atoms with van der Waals surface area (Å²) in [5, 5.41) is 8.74. The summed E-state index contributed by atoms with van der Waals surface area (Å²) < 4.78 is 15.4. The van der Waals surface area contributed by atoms with Crippen LogP contribution in [0.2, 0.25) is 0 Å². The van der Waals surface area contributed by atoms with Crippen molar-refractivity contribution in [3.8, 4) is 0 Å². The van der Waals surface area contributed by atoms with E-state index in [0.29, 0.717) is 5.56 Å². The molecule has 5 heteroatoms. The molecule has 14 heavy (non-hydrogen) atoms. The van der Waals surface area contributed by atoms with Crippen LogP contribution in [0, 0.1) is 5.82 Å². The zero-order valence-corrected chi connectivity index (χ0v) is 9.36. The molecule has 0 aliphatic carbocycles. The van der Waals surface area contributed by atoms with Crippen LogP contribution in [-0.4, -0.2) is 17.1 Å². The number of nitrogens with one attached hydrogen (secondary N) is 1. The Bertz CT molecular complexity index is 332. The highest BCUT2D eigenvalue weighted by Gasteiger charge is 2.15. The third kappa shape index (κ3) is 3.22. The topological polar surface area (TPSA) is 49.3 Å². The van der Waals surface area contributed by atoms with Gasteiger partial charge in [0.05, 0.1) is 0 Å². The molecule has 0 radical (unpaired) electrons. The molecule has 1 aromatic carbocycles. The van der Waals surface area contributed by atoms with E-state index in [1.165, 1.54) is 12.1 Å². The van der Waals surface area contributed by atoms with E-state index in [4.69, 9.17) is 5.11 Å². The molecule has 1 unspecified atom stereocenters. The lowest BCUT2D eigenvalue weighted by molar-refractivity contribution is -0.138. The first-order valence-corrected chi connectivity index (χ1v) is 5.04. The van der Waals surface area contributed by atoms with E-state index in [9.17, 15) is 9.18 Å². The number of aliphatic carboxylic acids is 1. The first kappa shape index (κ1) is 11.4. The largest absolute Gasteiger partial charge is 0.480 e. The molecular formula is C9H9FINO2. The van der Waals surface area contributed by atoms with Gasteiger partial charge in [-0.2, -0.15) is 0 Å². The van der Waals surface area contributed by atoms with Crippen LogP contribution in [0.1, 0.15) is 5.56 Å². The van der Waals surface area contributed by atoms with E-state index in [0.717, 1.165) is 0 Å². The second-order valence-corrected chi connectivity index (χ2v) is 3.46. The maximum Gasteiger partial charge on any atom is 0.321 e. The van der Waals surface area contributed by atoms with Crippen molar-refractivity contribution >= 4 is 28.8 Å². The van der Waals surface area contributed by atoms with Gasteiger partial charge in [0, 0.05) is 22.9 Å². The van der Waals surface area contributed by atoms with Crippen molar-refractivity contribution in [3.05, 3.63) is 35.6 Å². The number of carbonyl (C=O) groups is 1.